The van der Waals surface area contributed by atoms with E-state index < -0.39 is 0 Å². The molecule has 1 saturated carbocycles. The maximum absolute atomic E-state index is 6.07. The fraction of sp³-hybridized carbons (Fsp3) is 0.500. The summed E-state index contributed by atoms with van der Waals surface area (Å²) < 4.78 is 11.2. The van der Waals surface area contributed by atoms with Gasteiger partial charge < -0.3 is 14.8 Å². The number of halogens is 3. The van der Waals surface area contributed by atoms with Crippen molar-refractivity contribution in [1.82, 2.24) is 5.32 Å². The van der Waals surface area contributed by atoms with Crippen LogP contribution in [0.1, 0.15) is 6.42 Å². The average molecular weight is 311 g/mol. The van der Waals surface area contributed by atoms with Gasteiger partial charge in [0, 0.05) is 24.6 Å². The van der Waals surface area contributed by atoms with E-state index in [2.05, 4.69) is 5.32 Å². The lowest BCUT2D eigenvalue weighted by molar-refractivity contribution is -0.0868. The number of hydrogen-bond acceptors (Lipinski definition) is 3. The second kappa shape index (κ2) is 5.85. The maximum atomic E-state index is 6.07. The molecule has 0 amide bonds. The van der Waals surface area contributed by atoms with Crippen LogP contribution in [-0.2, 0) is 4.74 Å². The average Bonchev–Trinajstić information content (AvgIpc) is 2.26. The van der Waals surface area contributed by atoms with Crippen LogP contribution in [-0.4, -0.2) is 32.4 Å². The fourth-order valence-electron chi connectivity index (χ4n) is 2.09. The molecule has 1 fully saturated rings. The largest absolute Gasteiger partial charge is 0.484 e. The van der Waals surface area contributed by atoms with Gasteiger partial charge in [-0.1, -0.05) is 34.8 Å². The van der Waals surface area contributed by atoms with Crippen LogP contribution < -0.4 is 10.1 Å². The topological polar surface area (TPSA) is 30.5 Å². The molecule has 1 aromatic rings. The molecule has 2 rings (SSSR count). The molecule has 0 saturated heterocycles. The summed E-state index contributed by atoms with van der Waals surface area (Å²) in [7, 11) is 3.56. The Hall–Kier alpha value is -0.190. The third-order valence-corrected chi connectivity index (χ3v) is 3.90. The van der Waals surface area contributed by atoms with E-state index in [-0.39, 0.29) is 12.2 Å². The van der Waals surface area contributed by atoms with Gasteiger partial charge in [0.05, 0.1) is 10.0 Å². The van der Waals surface area contributed by atoms with Crippen LogP contribution in [0, 0.1) is 0 Å². The SMILES string of the molecule is CNC1CC(Oc2c(Cl)cc(Cl)cc2Cl)C1OC. The Bertz CT molecular complexity index is 418. The molecule has 18 heavy (non-hydrogen) atoms. The van der Waals surface area contributed by atoms with Crippen LogP contribution in [0.25, 0.3) is 0 Å². The first-order valence-corrected chi connectivity index (χ1v) is 6.71. The summed E-state index contributed by atoms with van der Waals surface area (Å²) in [5.41, 5.74) is 0. The Morgan fingerprint density at radius 2 is 1.83 bits per heavy atom. The molecule has 0 bridgehead atoms. The second-order valence-corrected chi connectivity index (χ2v) is 5.44. The number of methoxy groups -OCH3 is 1. The number of ether oxygens (including phenoxy) is 2. The van der Waals surface area contributed by atoms with Gasteiger partial charge in [0.25, 0.3) is 0 Å². The number of hydrogen-bond donors (Lipinski definition) is 1. The van der Waals surface area contributed by atoms with Crippen molar-refractivity contribution in [2.24, 2.45) is 0 Å². The van der Waals surface area contributed by atoms with Gasteiger partial charge in [-0.05, 0) is 19.2 Å². The van der Waals surface area contributed by atoms with E-state index in [1.54, 1.807) is 19.2 Å². The van der Waals surface area contributed by atoms with Crippen molar-refractivity contribution in [1.29, 1.82) is 0 Å². The molecule has 3 atom stereocenters. The standard InChI is InChI=1S/C12H14Cl3NO2/c1-16-9-5-10(12(9)17-2)18-11-7(14)3-6(13)4-8(11)15/h3-4,9-10,12,16H,5H2,1-2H3. The highest BCUT2D eigenvalue weighted by atomic mass is 35.5. The Balaban J connectivity index is 2.11. The molecule has 1 aromatic carbocycles. The van der Waals surface area contributed by atoms with E-state index >= 15 is 0 Å². The first-order chi connectivity index (χ1) is 8.56. The lowest BCUT2D eigenvalue weighted by Crippen LogP contribution is -2.60. The molecule has 0 heterocycles. The van der Waals surface area contributed by atoms with E-state index in [0.29, 0.717) is 26.9 Å². The molecular formula is C12H14Cl3NO2. The zero-order valence-electron chi connectivity index (χ0n) is 10.0. The van der Waals surface area contributed by atoms with Gasteiger partial charge in [-0.15, -0.1) is 0 Å². The third-order valence-electron chi connectivity index (χ3n) is 3.12. The Morgan fingerprint density at radius 1 is 1.22 bits per heavy atom. The summed E-state index contributed by atoms with van der Waals surface area (Å²) in [6.45, 7) is 0. The summed E-state index contributed by atoms with van der Waals surface area (Å²) in [5, 5.41) is 4.48. The molecule has 0 aromatic heterocycles. The highest BCUT2D eigenvalue weighted by molar-refractivity contribution is 6.40. The molecule has 1 N–H and O–H groups in total. The van der Waals surface area contributed by atoms with Gasteiger partial charge in [0.15, 0.2) is 5.75 Å². The Labute approximate surface area is 121 Å². The van der Waals surface area contributed by atoms with Crippen LogP contribution >= 0.6 is 34.8 Å². The zero-order chi connectivity index (χ0) is 13.3. The summed E-state index contributed by atoms with van der Waals surface area (Å²) in [5.74, 6) is 0.462. The molecule has 6 heteroatoms. The van der Waals surface area contributed by atoms with Gasteiger partial charge >= 0.3 is 0 Å². The van der Waals surface area contributed by atoms with Gasteiger partial charge in [-0.25, -0.2) is 0 Å². The normalized spacial score (nSPS) is 26.8. The molecule has 3 unspecified atom stereocenters. The summed E-state index contributed by atoms with van der Waals surface area (Å²) in [4.78, 5) is 0. The smallest absolute Gasteiger partial charge is 0.157 e. The van der Waals surface area contributed by atoms with Crippen LogP contribution in [0.5, 0.6) is 5.75 Å². The first-order valence-electron chi connectivity index (χ1n) is 5.58. The minimum absolute atomic E-state index is 0.00203. The van der Waals surface area contributed by atoms with Crippen molar-refractivity contribution in [2.45, 2.75) is 24.7 Å². The van der Waals surface area contributed by atoms with Crippen molar-refractivity contribution in [3.05, 3.63) is 27.2 Å². The molecular weight excluding hydrogens is 296 g/mol. The van der Waals surface area contributed by atoms with Crippen LogP contribution in [0.15, 0.2) is 12.1 Å². The first kappa shape index (κ1) is 14.2. The minimum Gasteiger partial charge on any atom is -0.484 e. The molecule has 0 aliphatic heterocycles. The summed E-state index contributed by atoms with van der Waals surface area (Å²) in [6.07, 6.45) is 0.797. The van der Waals surface area contributed by atoms with Crippen molar-refractivity contribution < 1.29 is 9.47 Å². The predicted octanol–water partition coefficient (Wildman–Crippen LogP) is 3.40. The van der Waals surface area contributed by atoms with Gasteiger partial charge in [-0.3, -0.25) is 0 Å². The van der Waals surface area contributed by atoms with Crippen LogP contribution in [0.4, 0.5) is 0 Å². The van der Waals surface area contributed by atoms with Crippen molar-refractivity contribution in [2.75, 3.05) is 14.2 Å². The zero-order valence-corrected chi connectivity index (χ0v) is 12.3. The van der Waals surface area contributed by atoms with E-state index in [1.165, 1.54) is 0 Å². The summed E-state index contributed by atoms with van der Waals surface area (Å²) in [6, 6.07) is 3.52. The molecule has 1 aliphatic carbocycles. The lowest BCUT2D eigenvalue weighted by atomic mass is 9.85. The monoisotopic (exact) mass is 309 g/mol. The Morgan fingerprint density at radius 3 is 2.33 bits per heavy atom. The van der Waals surface area contributed by atoms with Crippen LogP contribution in [0.2, 0.25) is 15.1 Å². The van der Waals surface area contributed by atoms with E-state index in [9.17, 15) is 0 Å². The Kier molecular flexibility index (Phi) is 4.62. The van der Waals surface area contributed by atoms with Crippen LogP contribution in [0.3, 0.4) is 0 Å². The highest BCUT2D eigenvalue weighted by Gasteiger charge is 2.42. The number of nitrogens with one attached hydrogen (secondary N) is 1. The predicted molar refractivity (Wildman–Crippen MR) is 74.1 cm³/mol. The van der Waals surface area contributed by atoms with E-state index in [4.69, 9.17) is 44.3 Å². The fourth-order valence-corrected chi connectivity index (χ4v) is 2.99. The summed E-state index contributed by atoms with van der Waals surface area (Å²) >= 11 is 18.0. The van der Waals surface area contributed by atoms with E-state index in [1.807, 2.05) is 7.05 Å². The van der Waals surface area contributed by atoms with Gasteiger partial charge in [0.1, 0.15) is 12.2 Å². The minimum atomic E-state index is -0.0522. The molecule has 0 spiro atoms. The van der Waals surface area contributed by atoms with Gasteiger partial charge in [-0.2, -0.15) is 0 Å². The highest BCUT2D eigenvalue weighted by Crippen LogP contribution is 2.39. The van der Waals surface area contributed by atoms with E-state index in [0.717, 1.165) is 6.42 Å². The molecule has 3 nitrogen and oxygen atoms in total. The van der Waals surface area contributed by atoms with Gasteiger partial charge in [0.2, 0.25) is 0 Å². The van der Waals surface area contributed by atoms with Crippen molar-refractivity contribution >= 4 is 34.8 Å². The lowest BCUT2D eigenvalue weighted by Gasteiger charge is -2.43. The van der Waals surface area contributed by atoms with Crippen molar-refractivity contribution in [3.63, 3.8) is 0 Å². The molecule has 100 valence electrons. The number of benzene rings is 1. The quantitative estimate of drug-likeness (QED) is 0.924. The molecule has 0 radical (unpaired) electrons. The number of rotatable bonds is 4. The number of likely N-dealkylation sites (N-methyl/N-ethyl adjacent to an activating group) is 1. The third kappa shape index (κ3) is 2.70. The van der Waals surface area contributed by atoms with Crippen molar-refractivity contribution in [3.8, 4) is 5.75 Å². The molecule has 1 aliphatic rings. The maximum Gasteiger partial charge on any atom is 0.157 e. The second-order valence-electron chi connectivity index (χ2n) is 4.19.